The first-order valence-corrected chi connectivity index (χ1v) is 13.5. The van der Waals surface area contributed by atoms with Gasteiger partial charge < -0.3 is 5.32 Å². The van der Waals surface area contributed by atoms with E-state index < -0.39 is 10.0 Å². The van der Waals surface area contributed by atoms with Crippen LogP contribution in [0.5, 0.6) is 0 Å². The number of carbonyl (C=O) groups is 1. The zero-order chi connectivity index (χ0) is 23.6. The summed E-state index contributed by atoms with van der Waals surface area (Å²) in [6.07, 6.45) is 5.79. The zero-order valence-electron chi connectivity index (χ0n) is 18.8. The van der Waals surface area contributed by atoms with Gasteiger partial charge in [-0.05, 0) is 55.5 Å². The van der Waals surface area contributed by atoms with Crippen LogP contribution >= 0.6 is 11.3 Å². The molecule has 1 N–H and O–H groups in total. The summed E-state index contributed by atoms with van der Waals surface area (Å²) in [6.45, 7) is 4.60. The fourth-order valence-electron chi connectivity index (χ4n) is 4.21. The van der Waals surface area contributed by atoms with Crippen molar-refractivity contribution in [3.63, 3.8) is 0 Å². The Labute approximate surface area is 197 Å². The summed E-state index contributed by atoms with van der Waals surface area (Å²) in [5.41, 5.74) is 1.56. The van der Waals surface area contributed by atoms with Crippen molar-refractivity contribution in [2.75, 3.05) is 18.4 Å². The van der Waals surface area contributed by atoms with Crippen LogP contribution in [-0.2, 0) is 34.2 Å². The molecule has 0 aliphatic heterocycles. The maximum atomic E-state index is 13.0. The molecule has 0 saturated heterocycles. The van der Waals surface area contributed by atoms with Crippen LogP contribution in [0.4, 0.5) is 5.69 Å². The van der Waals surface area contributed by atoms with Crippen LogP contribution in [0.15, 0.2) is 40.3 Å². The van der Waals surface area contributed by atoms with Gasteiger partial charge in [-0.1, -0.05) is 13.8 Å². The highest BCUT2D eigenvalue weighted by Gasteiger charge is 2.22. The summed E-state index contributed by atoms with van der Waals surface area (Å²) >= 11 is 1.61. The number of hydrogen-bond acceptors (Lipinski definition) is 6. The van der Waals surface area contributed by atoms with E-state index in [2.05, 4.69) is 10.3 Å². The number of fused-ring (bicyclic) bond motifs is 3. The lowest BCUT2D eigenvalue weighted by Crippen LogP contribution is -2.30. The number of amides is 1. The molecular weight excluding hydrogens is 460 g/mol. The van der Waals surface area contributed by atoms with Gasteiger partial charge in [0, 0.05) is 36.6 Å². The minimum atomic E-state index is -3.54. The second kappa shape index (κ2) is 9.74. The van der Waals surface area contributed by atoms with E-state index in [0.717, 1.165) is 36.1 Å². The van der Waals surface area contributed by atoms with E-state index in [9.17, 15) is 18.0 Å². The highest BCUT2D eigenvalue weighted by molar-refractivity contribution is 7.89. The number of aromatic nitrogens is 2. The Kier molecular flexibility index (Phi) is 6.96. The van der Waals surface area contributed by atoms with Crippen LogP contribution < -0.4 is 10.9 Å². The molecule has 0 atom stereocenters. The van der Waals surface area contributed by atoms with Crippen LogP contribution in [0.25, 0.3) is 10.2 Å². The Bertz CT molecular complexity index is 1320. The standard InChI is InChI=1S/C23H28N4O4S2/c1-3-27(4-2)33(30,31)17-11-9-16(10-12-17)25-20(28)13-14-26-15-24-22-21(23(26)29)18-7-5-6-8-19(18)32-22/h9-12,15H,3-8,13-14H2,1-2H3,(H,25,28). The Morgan fingerprint density at radius 2 is 1.85 bits per heavy atom. The minimum Gasteiger partial charge on any atom is -0.326 e. The number of benzene rings is 1. The van der Waals surface area contributed by atoms with Gasteiger partial charge in [0.2, 0.25) is 15.9 Å². The lowest BCUT2D eigenvalue weighted by Gasteiger charge is -2.18. The van der Waals surface area contributed by atoms with E-state index in [1.807, 2.05) is 0 Å². The first kappa shape index (κ1) is 23.6. The SMILES string of the molecule is CCN(CC)S(=O)(=O)c1ccc(NC(=O)CCn2cnc3sc4c(c3c2=O)CCCC4)cc1. The molecule has 2 aromatic heterocycles. The minimum absolute atomic E-state index is 0.0850. The molecule has 0 saturated carbocycles. The number of aryl methyl sites for hydroxylation is 3. The maximum Gasteiger partial charge on any atom is 0.262 e. The van der Waals surface area contributed by atoms with Crippen LogP contribution in [0.2, 0.25) is 0 Å². The van der Waals surface area contributed by atoms with Crippen molar-refractivity contribution < 1.29 is 13.2 Å². The summed E-state index contributed by atoms with van der Waals surface area (Å²) in [5, 5.41) is 3.48. The topological polar surface area (TPSA) is 101 Å². The Balaban J connectivity index is 1.42. The van der Waals surface area contributed by atoms with Crippen LogP contribution in [0, 0.1) is 0 Å². The van der Waals surface area contributed by atoms with Gasteiger partial charge in [0.05, 0.1) is 16.6 Å². The fourth-order valence-corrected chi connectivity index (χ4v) is 6.89. The van der Waals surface area contributed by atoms with Gasteiger partial charge in [0.25, 0.3) is 5.56 Å². The molecule has 1 amide bonds. The predicted octanol–water partition coefficient (Wildman–Crippen LogP) is 3.40. The molecule has 8 nitrogen and oxygen atoms in total. The Hall–Kier alpha value is -2.56. The molecule has 33 heavy (non-hydrogen) atoms. The predicted molar refractivity (Wildman–Crippen MR) is 130 cm³/mol. The Morgan fingerprint density at radius 3 is 2.55 bits per heavy atom. The molecule has 3 aromatic rings. The highest BCUT2D eigenvalue weighted by Crippen LogP contribution is 2.33. The molecule has 0 spiro atoms. The monoisotopic (exact) mass is 488 g/mol. The normalized spacial score (nSPS) is 13.9. The van der Waals surface area contributed by atoms with Crippen molar-refractivity contribution in [1.82, 2.24) is 13.9 Å². The summed E-state index contributed by atoms with van der Waals surface area (Å²) in [5.74, 6) is -0.256. The lowest BCUT2D eigenvalue weighted by molar-refractivity contribution is -0.116. The van der Waals surface area contributed by atoms with Gasteiger partial charge >= 0.3 is 0 Å². The van der Waals surface area contributed by atoms with Crippen LogP contribution in [-0.4, -0.2) is 41.3 Å². The van der Waals surface area contributed by atoms with Gasteiger partial charge in [-0.25, -0.2) is 13.4 Å². The average Bonchev–Trinajstić information content (AvgIpc) is 3.19. The first-order valence-electron chi connectivity index (χ1n) is 11.2. The van der Waals surface area contributed by atoms with Crippen molar-refractivity contribution in [2.45, 2.75) is 57.4 Å². The summed E-state index contributed by atoms with van der Waals surface area (Å²) in [6, 6.07) is 6.13. The van der Waals surface area contributed by atoms with E-state index in [-0.39, 0.29) is 29.3 Å². The zero-order valence-corrected chi connectivity index (χ0v) is 20.5. The molecule has 0 unspecified atom stereocenters. The number of carbonyl (C=O) groups excluding carboxylic acids is 1. The van der Waals surface area contributed by atoms with Gasteiger partial charge in [0.1, 0.15) is 4.83 Å². The summed E-state index contributed by atoms with van der Waals surface area (Å²) in [7, 11) is -3.54. The molecule has 1 aliphatic rings. The molecular formula is C23H28N4O4S2. The molecule has 1 aromatic carbocycles. The van der Waals surface area contributed by atoms with Crippen molar-refractivity contribution in [2.24, 2.45) is 0 Å². The largest absolute Gasteiger partial charge is 0.326 e. The number of thiophene rings is 1. The number of nitrogens with zero attached hydrogens (tertiary/aromatic N) is 3. The second-order valence-electron chi connectivity index (χ2n) is 8.05. The first-order chi connectivity index (χ1) is 15.8. The second-order valence-corrected chi connectivity index (χ2v) is 11.1. The molecule has 176 valence electrons. The molecule has 1 aliphatic carbocycles. The number of sulfonamides is 1. The van der Waals surface area contributed by atoms with Crippen molar-refractivity contribution >= 4 is 43.2 Å². The molecule has 0 radical (unpaired) electrons. The van der Waals surface area contributed by atoms with Crippen LogP contribution in [0.3, 0.4) is 0 Å². The number of anilines is 1. The number of hydrogen-bond donors (Lipinski definition) is 1. The van der Waals surface area contributed by atoms with Gasteiger partial charge in [-0.2, -0.15) is 4.31 Å². The van der Waals surface area contributed by atoms with Crippen LogP contribution in [0.1, 0.15) is 43.6 Å². The fraction of sp³-hybridized carbons (Fsp3) is 0.435. The van der Waals surface area contributed by atoms with Crippen molar-refractivity contribution in [3.8, 4) is 0 Å². The van der Waals surface area contributed by atoms with Gasteiger partial charge in [-0.3, -0.25) is 14.2 Å². The quantitative estimate of drug-likeness (QED) is 0.524. The van der Waals surface area contributed by atoms with E-state index in [0.29, 0.717) is 24.2 Å². The Morgan fingerprint density at radius 1 is 1.15 bits per heavy atom. The van der Waals surface area contributed by atoms with E-state index in [1.54, 1.807) is 37.3 Å². The number of nitrogens with one attached hydrogen (secondary N) is 1. The van der Waals surface area contributed by atoms with E-state index in [1.165, 1.54) is 32.2 Å². The van der Waals surface area contributed by atoms with E-state index >= 15 is 0 Å². The molecule has 0 bridgehead atoms. The third-order valence-electron chi connectivity index (χ3n) is 6.00. The van der Waals surface area contributed by atoms with Crippen molar-refractivity contribution in [1.29, 1.82) is 0 Å². The number of rotatable bonds is 8. The maximum absolute atomic E-state index is 13.0. The van der Waals surface area contributed by atoms with E-state index in [4.69, 9.17) is 0 Å². The average molecular weight is 489 g/mol. The molecule has 0 fully saturated rings. The summed E-state index contributed by atoms with van der Waals surface area (Å²) < 4.78 is 28.1. The molecule has 2 heterocycles. The summed E-state index contributed by atoms with van der Waals surface area (Å²) in [4.78, 5) is 32.2. The molecule has 10 heteroatoms. The molecule has 4 rings (SSSR count). The van der Waals surface area contributed by atoms with Gasteiger partial charge in [0.15, 0.2) is 0 Å². The highest BCUT2D eigenvalue weighted by atomic mass is 32.2. The third kappa shape index (κ3) is 4.73. The van der Waals surface area contributed by atoms with Crippen molar-refractivity contribution in [3.05, 3.63) is 51.4 Å². The van der Waals surface area contributed by atoms with Gasteiger partial charge in [-0.15, -0.1) is 11.3 Å². The smallest absolute Gasteiger partial charge is 0.262 e. The third-order valence-corrected chi connectivity index (χ3v) is 9.27. The lowest BCUT2D eigenvalue weighted by atomic mass is 9.97.